The van der Waals surface area contributed by atoms with Crippen LogP contribution < -0.4 is 0 Å². The summed E-state index contributed by atoms with van der Waals surface area (Å²) in [7, 11) is 0. The van der Waals surface area contributed by atoms with E-state index in [1.165, 1.54) is 6.92 Å². The molecule has 0 aromatic heterocycles. The van der Waals surface area contributed by atoms with Crippen molar-refractivity contribution >= 4 is 17.9 Å². The van der Waals surface area contributed by atoms with Crippen LogP contribution in [0, 0.1) is 5.92 Å². The van der Waals surface area contributed by atoms with E-state index in [2.05, 4.69) is 6.58 Å². The van der Waals surface area contributed by atoms with Crippen molar-refractivity contribution in [2.75, 3.05) is 0 Å². The lowest BCUT2D eigenvalue weighted by molar-refractivity contribution is -0.172. The maximum Gasteiger partial charge on any atom is 0.341 e. The topological polar surface area (TPSA) is 91.4 Å². The molecule has 0 aromatic rings. The number of rotatable bonds is 3. The lowest BCUT2D eigenvalue weighted by Crippen LogP contribution is -2.46. The van der Waals surface area contributed by atoms with Crippen molar-refractivity contribution in [1.29, 1.82) is 0 Å². The lowest BCUT2D eigenvalue weighted by atomic mass is 9.83. The molecule has 0 unspecified atom stereocenters. The molecule has 0 spiro atoms. The molecule has 3 aliphatic rings. The Kier molecular flexibility index (Phi) is 5.72. The summed E-state index contributed by atoms with van der Waals surface area (Å²) in [6, 6.07) is 0. The Morgan fingerprint density at radius 2 is 1.93 bits per heavy atom. The first-order chi connectivity index (χ1) is 13.5. The fraction of sp³-hybridized carbons (Fsp3) is 0.591. The van der Waals surface area contributed by atoms with Crippen molar-refractivity contribution in [3.63, 3.8) is 0 Å². The minimum Gasteiger partial charge on any atom is -0.455 e. The van der Waals surface area contributed by atoms with Crippen LogP contribution in [-0.2, 0) is 33.3 Å². The predicted molar refractivity (Wildman–Crippen MR) is 104 cm³/mol. The van der Waals surface area contributed by atoms with Gasteiger partial charge in [-0.1, -0.05) is 18.2 Å². The van der Waals surface area contributed by atoms with Gasteiger partial charge in [-0.2, -0.15) is 0 Å². The van der Waals surface area contributed by atoms with E-state index >= 15 is 0 Å². The van der Waals surface area contributed by atoms with Gasteiger partial charge < -0.3 is 18.9 Å². The number of ether oxygens (including phenoxy) is 4. The van der Waals surface area contributed by atoms with Gasteiger partial charge in [-0.25, -0.2) is 9.59 Å². The van der Waals surface area contributed by atoms with Crippen LogP contribution in [0.5, 0.6) is 0 Å². The van der Waals surface area contributed by atoms with Gasteiger partial charge in [0.25, 0.3) is 0 Å². The zero-order valence-corrected chi connectivity index (χ0v) is 17.5. The van der Waals surface area contributed by atoms with Crippen molar-refractivity contribution in [1.82, 2.24) is 0 Å². The van der Waals surface area contributed by atoms with E-state index in [1.54, 1.807) is 13.8 Å². The number of esters is 3. The fourth-order valence-corrected chi connectivity index (χ4v) is 3.85. The van der Waals surface area contributed by atoms with Gasteiger partial charge in [0.05, 0.1) is 12.0 Å². The number of fused-ring (bicyclic) bond motifs is 1. The third kappa shape index (κ3) is 4.15. The van der Waals surface area contributed by atoms with Crippen LogP contribution in [0.1, 0.15) is 47.5 Å². The zero-order valence-electron chi connectivity index (χ0n) is 17.5. The molecule has 158 valence electrons. The Bertz CT molecular complexity index is 808. The molecule has 1 aliphatic carbocycles. The normalized spacial score (nSPS) is 40.5. The van der Waals surface area contributed by atoms with Crippen molar-refractivity contribution < 1.29 is 33.3 Å². The second-order valence-electron chi connectivity index (χ2n) is 8.19. The van der Waals surface area contributed by atoms with Crippen LogP contribution in [0.2, 0.25) is 0 Å². The predicted octanol–water partition coefficient (Wildman–Crippen LogP) is 2.79. The number of allylic oxidation sites excluding steroid dienone is 2. The standard InChI is InChI=1S/C22H28O7/c1-11-8-7-9-12(2)18(26-15(5)23)19(28-21(25)22(6)14(4)29-22)17-13(3)20(24)27-16(17)10-11/h9-10,14,16-19H,3,7-8H2,1-2,4-6H3/b11-10+,12-9+/t14-,16+,17-,18-,19-,22-/m1/s1. The molecule has 3 rings (SSSR count). The summed E-state index contributed by atoms with van der Waals surface area (Å²) in [5.74, 6) is -2.30. The molecule has 2 aliphatic heterocycles. The van der Waals surface area contributed by atoms with E-state index in [-0.39, 0.29) is 11.7 Å². The Morgan fingerprint density at radius 1 is 1.28 bits per heavy atom. The zero-order chi connectivity index (χ0) is 21.5. The molecule has 0 aromatic carbocycles. The summed E-state index contributed by atoms with van der Waals surface area (Å²) in [6.45, 7) is 12.4. The molecule has 0 amide bonds. The molecule has 7 heteroatoms. The van der Waals surface area contributed by atoms with Crippen LogP contribution in [0.4, 0.5) is 0 Å². The highest BCUT2D eigenvalue weighted by Gasteiger charge is 2.59. The largest absolute Gasteiger partial charge is 0.455 e. The van der Waals surface area contributed by atoms with Gasteiger partial charge in [0.1, 0.15) is 6.10 Å². The van der Waals surface area contributed by atoms with E-state index in [4.69, 9.17) is 18.9 Å². The van der Waals surface area contributed by atoms with Crippen molar-refractivity contribution in [2.24, 2.45) is 5.92 Å². The SMILES string of the molecule is C=C1C(=O)O[C@H]2/C=C(\C)CC/C=C(\C)[C@@H](OC(C)=O)[C@H](OC(=O)[C@]3(C)O[C@@H]3C)[C@H]12. The molecule has 0 bridgehead atoms. The highest BCUT2D eigenvalue weighted by molar-refractivity contribution is 5.91. The lowest BCUT2D eigenvalue weighted by Gasteiger charge is -2.33. The van der Waals surface area contributed by atoms with Gasteiger partial charge in [0.15, 0.2) is 17.8 Å². The molecule has 2 heterocycles. The summed E-state index contributed by atoms with van der Waals surface area (Å²) in [5, 5.41) is 0. The first kappa shape index (κ1) is 21.3. The number of epoxide rings is 1. The average molecular weight is 404 g/mol. The first-order valence-corrected chi connectivity index (χ1v) is 9.84. The van der Waals surface area contributed by atoms with Crippen LogP contribution in [0.15, 0.2) is 35.5 Å². The molecule has 2 fully saturated rings. The summed E-state index contributed by atoms with van der Waals surface area (Å²) in [4.78, 5) is 37.0. The fourth-order valence-electron chi connectivity index (χ4n) is 3.85. The molecule has 0 radical (unpaired) electrons. The molecule has 7 nitrogen and oxygen atoms in total. The molecular formula is C22H28O7. The van der Waals surface area contributed by atoms with Crippen molar-refractivity contribution in [2.45, 2.75) is 77.5 Å². The van der Waals surface area contributed by atoms with Gasteiger partial charge in [0, 0.05) is 12.5 Å². The second kappa shape index (κ2) is 7.78. The summed E-state index contributed by atoms with van der Waals surface area (Å²) in [6.07, 6.45) is 2.55. The van der Waals surface area contributed by atoms with Crippen LogP contribution in [0.25, 0.3) is 0 Å². The maximum atomic E-state index is 12.9. The first-order valence-electron chi connectivity index (χ1n) is 9.84. The Balaban J connectivity index is 2.05. The van der Waals surface area contributed by atoms with E-state index < -0.39 is 47.7 Å². The van der Waals surface area contributed by atoms with Crippen LogP contribution in [0.3, 0.4) is 0 Å². The average Bonchev–Trinajstić information content (AvgIpc) is 3.15. The third-order valence-electron chi connectivity index (χ3n) is 5.90. The van der Waals surface area contributed by atoms with Crippen LogP contribution in [-0.4, -0.2) is 47.9 Å². The van der Waals surface area contributed by atoms with Gasteiger partial charge in [-0.05, 0) is 52.2 Å². The number of carbonyl (C=O) groups excluding carboxylic acids is 3. The van der Waals surface area contributed by atoms with Crippen molar-refractivity contribution in [3.8, 4) is 0 Å². The van der Waals surface area contributed by atoms with Crippen LogP contribution >= 0.6 is 0 Å². The smallest absolute Gasteiger partial charge is 0.341 e. The summed E-state index contributed by atoms with van der Waals surface area (Å²) < 4.78 is 22.3. The Morgan fingerprint density at radius 3 is 2.52 bits per heavy atom. The highest BCUT2D eigenvalue weighted by atomic mass is 16.7. The number of hydrogen-bond donors (Lipinski definition) is 0. The quantitative estimate of drug-likeness (QED) is 0.235. The van der Waals surface area contributed by atoms with E-state index in [9.17, 15) is 14.4 Å². The molecule has 6 atom stereocenters. The number of carbonyl (C=O) groups is 3. The summed E-state index contributed by atoms with van der Waals surface area (Å²) in [5.41, 5.74) is 0.930. The molecule has 29 heavy (non-hydrogen) atoms. The monoisotopic (exact) mass is 404 g/mol. The van der Waals surface area contributed by atoms with E-state index in [0.29, 0.717) is 0 Å². The number of hydrogen-bond acceptors (Lipinski definition) is 7. The Labute approximate surface area is 170 Å². The van der Waals surface area contributed by atoms with E-state index in [1.807, 2.05) is 26.0 Å². The van der Waals surface area contributed by atoms with Gasteiger partial charge >= 0.3 is 17.9 Å². The maximum absolute atomic E-state index is 12.9. The third-order valence-corrected chi connectivity index (χ3v) is 5.90. The minimum atomic E-state index is -1.06. The van der Waals surface area contributed by atoms with Crippen molar-refractivity contribution in [3.05, 3.63) is 35.5 Å². The molecular weight excluding hydrogens is 376 g/mol. The molecule has 0 N–H and O–H groups in total. The van der Waals surface area contributed by atoms with Gasteiger partial charge in [-0.15, -0.1) is 0 Å². The summed E-state index contributed by atoms with van der Waals surface area (Å²) >= 11 is 0. The van der Waals surface area contributed by atoms with Gasteiger partial charge in [0.2, 0.25) is 0 Å². The van der Waals surface area contributed by atoms with Gasteiger partial charge in [-0.3, -0.25) is 4.79 Å². The molecule has 2 saturated heterocycles. The minimum absolute atomic E-state index is 0.192. The Hall–Kier alpha value is -2.41. The second-order valence-corrected chi connectivity index (χ2v) is 8.19. The molecule has 0 saturated carbocycles. The highest BCUT2D eigenvalue weighted by Crippen LogP contribution is 2.41. The van der Waals surface area contributed by atoms with E-state index in [0.717, 1.165) is 24.0 Å².